The van der Waals surface area contributed by atoms with Crippen LogP contribution in [0.4, 0.5) is 5.69 Å². The summed E-state index contributed by atoms with van der Waals surface area (Å²) in [4.78, 5) is 20.0. The second-order valence-corrected chi connectivity index (χ2v) is 6.25. The second-order valence-electron chi connectivity index (χ2n) is 6.25. The molecule has 4 rings (SSSR count). The minimum absolute atomic E-state index is 0.0322. The highest BCUT2D eigenvalue weighted by Crippen LogP contribution is 2.25. The van der Waals surface area contributed by atoms with E-state index in [1.807, 2.05) is 36.4 Å². The molecule has 4 heteroatoms. The van der Waals surface area contributed by atoms with Crippen molar-refractivity contribution < 1.29 is 4.79 Å². The lowest BCUT2D eigenvalue weighted by Crippen LogP contribution is -2.15. The quantitative estimate of drug-likeness (QED) is 0.567. The van der Waals surface area contributed by atoms with Gasteiger partial charge in [0.1, 0.15) is 0 Å². The maximum absolute atomic E-state index is 12.6. The van der Waals surface area contributed by atoms with Crippen LogP contribution < -0.4 is 5.32 Å². The molecule has 0 aliphatic carbocycles. The van der Waals surface area contributed by atoms with Gasteiger partial charge in [0.2, 0.25) is 5.91 Å². The van der Waals surface area contributed by atoms with Crippen LogP contribution in [-0.4, -0.2) is 15.9 Å². The van der Waals surface area contributed by atoms with E-state index in [9.17, 15) is 4.79 Å². The van der Waals surface area contributed by atoms with Crippen molar-refractivity contribution in [1.82, 2.24) is 9.97 Å². The van der Waals surface area contributed by atoms with Crippen molar-refractivity contribution in [3.8, 4) is 0 Å². The summed E-state index contributed by atoms with van der Waals surface area (Å²) in [5, 5.41) is 4.04. The number of nitrogens with one attached hydrogen (secondary N) is 2. The molecule has 0 aliphatic heterocycles. The standard InChI is InChI=1S/C22H19N3O/c26-22(24-17-10-12-23-13-11-17)15-19-18-8-4-5-9-20(18)25-21(19)14-16-6-2-1-3-7-16/h1-13,25H,14-15H2,(H,23,24,26). The first-order valence-electron chi connectivity index (χ1n) is 8.62. The Kier molecular flexibility index (Phi) is 4.48. The average molecular weight is 341 g/mol. The zero-order valence-electron chi connectivity index (χ0n) is 14.3. The van der Waals surface area contributed by atoms with Crippen molar-refractivity contribution in [3.05, 3.63) is 95.9 Å². The molecule has 4 nitrogen and oxygen atoms in total. The number of aromatic amines is 1. The highest BCUT2D eigenvalue weighted by Gasteiger charge is 2.15. The Bertz CT molecular complexity index is 1020. The molecule has 0 unspecified atom stereocenters. The van der Waals surface area contributed by atoms with E-state index in [2.05, 4.69) is 33.5 Å². The van der Waals surface area contributed by atoms with Gasteiger partial charge in [-0.25, -0.2) is 0 Å². The lowest BCUT2D eigenvalue weighted by Gasteiger charge is -2.07. The first kappa shape index (κ1) is 16.1. The van der Waals surface area contributed by atoms with Gasteiger partial charge in [-0.15, -0.1) is 0 Å². The summed E-state index contributed by atoms with van der Waals surface area (Å²) in [6.07, 6.45) is 4.44. The van der Waals surface area contributed by atoms with Gasteiger partial charge in [0.05, 0.1) is 6.42 Å². The largest absolute Gasteiger partial charge is 0.358 e. The molecule has 0 atom stereocenters. The number of aromatic nitrogens is 2. The number of para-hydroxylation sites is 1. The minimum atomic E-state index is -0.0322. The molecule has 0 aliphatic rings. The number of pyridine rings is 1. The molecule has 2 aromatic carbocycles. The highest BCUT2D eigenvalue weighted by atomic mass is 16.1. The smallest absolute Gasteiger partial charge is 0.228 e. The van der Waals surface area contributed by atoms with E-state index in [1.54, 1.807) is 24.5 Å². The number of carbonyl (C=O) groups excluding carboxylic acids is 1. The van der Waals surface area contributed by atoms with Crippen molar-refractivity contribution in [2.45, 2.75) is 12.8 Å². The van der Waals surface area contributed by atoms with Gasteiger partial charge in [-0.2, -0.15) is 0 Å². The number of amides is 1. The van der Waals surface area contributed by atoms with Gasteiger partial charge in [0.15, 0.2) is 0 Å². The first-order valence-corrected chi connectivity index (χ1v) is 8.62. The molecule has 2 N–H and O–H groups in total. The molecule has 0 spiro atoms. The van der Waals surface area contributed by atoms with Crippen molar-refractivity contribution in [2.75, 3.05) is 5.32 Å². The third-order valence-electron chi connectivity index (χ3n) is 4.43. The van der Waals surface area contributed by atoms with Crippen LogP contribution in [0.3, 0.4) is 0 Å². The van der Waals surface area contributed by atoms with Gasteiger partial charge in [-0.05, 0) is 29.3 Å². The Morgan fingerprint density at radius 3 is 2.46 bits per heavy atom. The molecule has 26 heavy (non-hydrogen) atoms. The van der Waals surface area contributed by atoms with Crippen LogP contribution in [0.15, 0.2) is 79.1 Å². The molecule has 4 aromatic rings. The lowest BCUT2D eigenvalue weighted by molar-refractivity contribution is -0.115. The Morgan fingerprint density at radius 2 is 1.65 bits per heavy atom. The lowest BCUT2D eigenvalue weighted by atomic mass is 10.0. The number of hydrogen-bond acceptors (Lipinski definition) is 2. The maximum atomic E-state index is 12.6. The van der Waals surface area contributed by atoms with Gasteiger partial charge in [-0.1, -0.05) is 48.5 Å². The number of H-pyrrole nitrogens is 1. The average Bonchev–Trinajstić information content (AvgIpc) is 3.00. The van der Waals surface area contributed by atoms with Crippen LogP contribution in [-0.2, 0) is 17.6 Å². The first-order chi connectivity index (χ1) is 12.8. The SMILES string of the molecule is O=C(Cc1c(Cc2ccccc2)[nH]c2ccccc12)Nc1ccncc1. The molecular formula is C22H19N3O. The fraction of sp³-hybridized carbons (Fsp3) is 0.0909. The topological polar surface area (TPSA) is 57.8 Å². The number of carbonyl (C=O) groups is 1. The van der Waals surface area contributed by atoms with Gasteiger partial charge < -0.3 is 10.3 Å². The molecular weight excluding hydrogens is 322 g/mol. The van der Waals surface area contributed by atoms with Gasteiger partial charge in [0.25, 0.3) is 0 Å². The number of nitrogens with zero attached hydrogens (tertiary/aromatic N) is 1. The summed E-state index contributed by atoms with van der Waals surface area (Å²) in [6.45, 7) is 0. The fourth-order valence-corrected chi connectivity index (χ4v) is 3.21. The van der Waals surface area contributed by atoms with Crippen LogP contribution in [0.25, 0.3) is 10.9 Å². The van der Waals surface area contributed by atoms with E-state index in [4.69, 9.17) is 0 Å². The molecule has 0 saturated carbocycles. The van der Waals surface area contributed by atoms with Crippen LogP contribution in [0.5, 0.6) is 0 Å². The van der Waals surface area contributed by atoms with Crippen molar-refractivity contribution >= 4 is 22.5 Å². The Morgan fingerprint density at radius 1 is 0.923 bits per heavy atom. The van der Waals surface area contributed by atoms with Crippen molar-refractivity contribution in [2.24, 2.45) is 0 Å². The Labute approximate surface area is 151 Å². The summed E-state index contributed by atoms with van der Waals surface area (Å²) in [6, 6.07) is 22.0. The monoisotopic (exact) mass is 341 g/mol. The van der Waals surface area contributed by atoms with Gasteiger partial charge in [-0.3, -0.25) is 9.78 Å². The van der Waals surface area contributed by atoms with E-state index in [0.29, 0.717) is 6.42 Å². The molecule has 0 fully saturated rings. The van der Waals surface area contributed by atoms with Crippen molar-refractivity contribution in [1.29, 1.82) is 0 Å². The van der Waals surface area contributed by atoms with Crippen molar-refractivity contribution in [3.63, 3.8) is 0 Å². The Hall–Kier alpha value is -3.40. The summed E-state index contributed by atoms with van der Waals surface area (Å²) in [7, 11) is 0. The van der Waals surface area contributed by atoms with E-state index in [-0.39, 0.29) is 5.91 Å². The van der Waals surface area contributed by atoms with Gasteiger partial charge >= 0.3 is 0 Å². The highest BCUT2D eigenvalue weighted by molar-refractivity contribution is 5.96. The zero-order valence-corrected chi connectivity index (χ0v) is 14.3. The van der Waals surface area contributed by atoms with E-state index in [1.165, 1.54) is 5.56 Å². The van der Waals surface area contributed by atoms with Gasteiger partial charge in [0, 0.05) is 41.1 Å². The van der Waals surface area contributed by atoms with Crippen LogP contribution in [0, 0.1) is 0 Å². The zero-order chi connectivity index (χ0) is 17.8. The van der Waals surface area contributed by atoms with E-state index in [0.717, 1.165) is 34.3 Å². The third kappa shape index (κ3) is 3.49. The molecule has 0 bridgehead atoms. The van der Waals surface area contributed by atoms with Crippen LogP contribution in [0.1, 0.15) is 16.8 Å². The number of fused-ring (bicyclic) bond motifs is 1. The van der Waals surface area contributed by atoms with E-state index >= 15 is 0 Å². The predicted molar refractivity (Wildman–Crippen MR) is 104 cm³/mol. The fourth-order valence-electron chi connectivity index (χ4n) is 3.21. The third-order valence-corrected chi connectivity index (χ3v) is 4.43. The molecule has 2 heterocycles. The molecule has 0 radical (unpaired) electrons. The number of anilines is 1. The summed E-state index contributed by atoms with van der Waals surface area (Å²) >= 11 is 0. The Balaban J connectivity index is 1.64. The molecule has 1 amide bonds. The van der Waals surface area contributed by atoms with Crippen LogP contribution in [0.2, 0.25) is 0 Å². The molecule has 0 saturated heterocycles. The number of hydrogen-bond donors (Lipinski definition) is 2. The molecule has 128 valence electrons. The van der Waals surface area contributed by atoms with Crippen LogP contribution >= 0.6 is 0 Å². The minimum Gasteiger partial charge on any atom is -0.358 e. The number of benzene rings is 2. The summed E-state index contributed by atoms with van der Waals surface area (Å²) in [5.41, 5.74) is 5.17. The summed E-state index contributed by atoms with van der Waals surface area (Å²) < 4.78 is 0. The second kappa shape index (κ2) is 7.23. The predicted octanol–water partition coefficient (Wildman–Crippen LogP) is 4.33. The normalized spacial score (nSPS) is 10.8. The number of rotatable bonds is 5. The maximum Gasteiger partial charge on any atom is 0.228 e. The summed E-state index contributed by atoms with van der Waals surface area (Å²) in [5.74, 6) is -0.0322. The van der Waals surface area contributed by atoms with E-state index < -0.39 is 0 Å². The molecule has 2 aromatic heterocycles.